The van der Waals surface area contributed by atoms with Crippen LogP contribution in [-0.2, 0) is 14.8 Å². The Morgan fingerprint density at radius 2 is 2.00 bits per heavy atom. The highest BCUT2D eigenvalue weighted by Crippen LogP contribution is 2.10. The third kappa shape index (κ3) is 3.94. The Bertz CT molecular complexity index is 506. The molecule has 0 amide bonds. The first-order chi connectivity index (χ1) is 7.83. The molecular formula is C12H17NO3S. The number of nitrogens with one attached hydrogen (secondary N) is 1. The van der Waals surface area contributed by atoms with E-state index < -0.39 is 10.0 Å². The number of aryl methyl sites for hydroxylation is 1. The molecule has 0 unspecified atom stereocenters. The van der Waals surface area contributed by atoms with E-state index in [1.165, 1.54) is 6.07 Å². The molecule has 0 saturated heterocycles. The summed E-state index contributed by atoms with van der Waals surface area (Å²) in [6.07, 6.45) is 0. The third-order valence-corrected chi connectivity index (χ3v) is 3.78. The van der Waals surface area contributed by atoms with Gasteiger partial charge in [0.25, 0.3) is 0 Å². The maximum atomic E-state index is 11.8. The fraction of sp³-hybridized carbons (Fsp3) is 0.417. The molecule has 0 aromatic heterocycles. The van der Waals surface area contributed by atoms with Gasteiger partial charge in [-0.15, -0.1) is 0 Å². The molecule has 0 aliphatic rings. The van der Waals surface area contributed by atoms with E-state index in [1.54, 1.807) is 26.0 Å². The molecule has 0 atom stereocenters. The maximum Gasteiger partial charge on any atom is 0.240 e. The largest absolute Gasteiger partial charge is 0.298 e. The molecule has 0 fully saturated rings. The lowest BCUT2D eigenvalue weighted by molar-refractivity contribution is -0.120. The Kier molecular flexibility index (Phi) is 4.42. The Hall–Kier alpha value is -1.20. The summed E-state index contributed by atoms with van der Waals surface area (Å²) in [6, 6.07) is 6.57. The van der Waals surface area contributed by atoms with Crippen LogP contribution in [0.5, 0.6) is 0 Å². The predicted octanol–water partition coefficient (Wildman–Crippen LogP) is 1.50. The quantitative estimate of drug-likeness (QED) is 0.867. The van der Waals surface area contributed by atoms with Crippen LogP contribution in [0.15, 0.2) is 29.2 Å². The van der Waals surface area contributed by atoms with E-state index in [1.807, 2.05) is 13.0 Å². The summed E-state index contributed by atoms with van der Waals surface area (Å²) < 4.78 is 26.0. The zero-order chi connectivity index (χ0) is 13.1. The van der Waals surface area contributed by atoms with Gasteiger partial charge in [-0.05, 0) is 24.6 Å². The zero-order valence-electron chi connectivity index (χ0n) is 10.2. The van der Waals surface area contributed by atoms with Gasteiger partial charge in [-0.3, -0.25) is 4.79 Å². The van der Waals surface area contributed by atoms with Crippen LogP contribution in [-0.4, -0.2) is 20.7 Å². The second-order valence-corrected chi connectivity index (χ2v) is 6.03. The van der Waals surface area contributed by atoms with E-state index in [9.17, 15) is 13.2 Å². The van der Waals surface area contributed by atoms with Crippen LogP contribution < -0.4 is 4.72 Å². The summed E-state index contributed by atoms with van der Waals surface area (Å²) in [5.41, 5.74) is 0.864. The summed E-state index contributed by atoms with van der Waals surface area (Å²) in [5, 5.41) is 0. The van der Waals surface area contributed by atoms with E-state index in [0.29, 0.717) is 0 Å². The van der Waals surface area contributed by atoms with Crippen LogP contribution in [0.1, 0.15) is 19.4 Å². The number of hydrogen-bond acceptors (Lipinski definition) is 3. The van der Waals surface area contributed by atoms with Crippen LogP contribution in [0.3, 0.4) is 0 Å². The molecule has 0 aliphatic carbocycles. The molecule has 94 valence electrons. The van der Waals surface area contributed by atoms with Gasteiger partial charge in [0, 0.05) is 5.92 Å². The van der Waals surface area contributed by atoms with Gasteiger partial charge in [0.15, 0.2) is 0 Å². The van der Waals surface area contributed by atoms with E-state index in [-0.39, 0.29) is 23.1 Å². The molecule has 0 aliphatic heterocycles. The first kappa shape index (κ1) is 13.9. The highest BCUT2D eigenvalue weighted by atomic mass is 32.2. The second-order valence-electron chi connectivity index (χ2n) is 4.26. The van der Waals surface area contributed by atoms with Gasteiger partial charge in [-0.1, -0.05) is 26.0 Å². The van der Waals surface area contributed by atoms with Gasteiger partial charge >= 0.3 is 0 Å². The van der Waals surface area contributed by atoms with Crippen molar-refractivity contribution in [3.8, 4) is 0 Å². The first-order valence-corrected chi connectivity index (χ1v) is 6.90. The molecule has 1 rings (SSSR count). The van der Waals surface area contributed by atoms with Crippen molar-refractivity contribution in [2.45, 2.75) is 25.7 Å². The van der Waals surface area contributed by atoms with Crippen LogP contribution >= 0.6 is 0 Å². The molecule has 0 radical (unpaired) electrons. The van der Waals surface area contributed by atoms with Crippen LogP contribution in [0.4, 0.5) is 0 Å². The Morgan fingerprint density at radius 1 is 1.35 bits per heavy atom. The molecule has 17 heavy (non-hydrogen) atoms. The number of carbonyl (C=O) groups is 1. The number of hydrogen-bond donors (Lipinski definition) is 1. The smallest absolute Gasteiger partial charge is 0.240 e. The van der Waals surface area contributed by atoms with Gasteiger partial charge < -0.3 is 0 Å². The fourth-order valence-electron chi connectivity index (χ4n) is 1.24. The van der Waals surface area contributed by atoms with Crippen molar-refractivity contribution in [3.63, 3.8) is 0 Å². The van der Waals surface area contributed by atoms with Crippen molar-refractivity contribution < 1.29 is 13.2 Å². The highest BCUT2D eigenvalue weighted by Gasteiger charge is 2.16. The minimum absolute atomic E-state index is 0.124. The number of Topliss-reactive ketones (excluding diaryl/α,β-unsaturated/α-hetero) is 1. The minimum atomic E-state index is -3.58. The molecule has 0 spiro atoms. The van der Waals surface area contributed by atoms with Crippen LogP contribution in [0.2, 0.25) is 0 Å². The van der Waals surface area contributed by atoms with Crippen LogP contribution in [0.25, 0.3) is 0 Å². The van der Waals surface area contributed by atoms with Crippen molar-refractivity contribution in [2.75, 3.05) is 6.54 Å². The van der Waals surface area contributed by atoms with Crippen molar-refractivity contribution in [3.05, 3.63) is 29.8 Å². The fourth-order valence-corrected chi connectivity index (χ4v) is 2.33. The number of rotatable bonds is 5. The normalized spacial score (nSPS) is 11.8. The van der Waals surface area contributed by atoms with Crippen LogP contribution in [0, 0.1) is 12.8 Å². The molecule has 1 aromatic rings. The second kappa shape index (κ2) is 5.42. The summed E-state index contributed by atoms with van der Waals surface area (Å²) in [7, 11) is -3.58. The summed E-state index contributed by atoms with van der Waals surface area (Å²) in [6.45, 7) is 5.14. The average molecular weight is 255 g/mol. The lowest BCUT2D eigenvalue weighted by Gasteiger charge is -2.08. The van der Waals surface area contributed by atoms with E-state index >= 15 is 0 Å². The highest BCUT2D eigenvalue weighted by molar-refractivity contribution is 7.89. The lowest BCUT2D eigenvalue weighted by Crippen LogP contribution is -2.31. The van der Waals surface area contributed by atoms with Gasteiger partial charge in [-0.25, -0.2) is 13.1 Å². The average Bonchev–Trinajstić information content (AvgIpc) is 2.26. The standard InChI is InChI=1S/C12H17NO3S/c1-9(2)12(14)8-13-17(15,16)11-6-4-5-10(3)7-11/h4-7,9,13H,8H2,1-3H3. The molecule has 5 heteroatoms. The van der Waals surface area contributed by atoms with Crippen molar-refractivity contribution in [1.82, 2.24) is 4.72 Å². The van der Waals surface area contributed by atoms with E-state index in [2.05, 4.69) is 4.72 Å². The van der Waals surface area contributed by atoms with Gasteiger partial charge in [0.1, 0.15) is 5.78 Å². The third-order valence-electron chi connectivity index (χ3n) is 2.38. The Labute approximate surface area is 102 Å². The predicted molar refractivity (Wildman–Crippen MR) is 66.2 cm³/mol. The summed E-state index contributed by atoms with van der Waals surface area (Å²) >= 11 is 0. The van der Waals surface area contributed by atoms with E-state index in [4.69, 9.17) is 0 Å². The molecular weight excluding hydrogens is 238 g/mol. The number of sulfonamides is 1. The Balaban J connectivity index is 2.80. The van der Waals surface area contributed by atoms with Gasteiger partial charge in [-0.2, -0.15) is 0 Å². The van der Waals surface area contributed by atoms with Crippen molar-refractivity contribution >= 4 is 15.8 Å². The monoisotopic (exact) mass is 255 g/mol. The molecule has 4 nitrogen and oxygen atoms in total. The molecule has 0 heterocycles. The minimum Gasteiger partial charge on any atom is -0.298 e. The molecule has 1 aromatic carbocycles. The number of carbonyl (C=O) groups excluding carboxylic acids is 1. The van der Waals surface area contributed by atoms with Crippen molar-refractivity contribution in [2.24, 2.45) is 5.92 Å². The van der Waals surface area contributed by atoms with Crippen molar-refractivity contribution in [1.29, 1.82) is 0 Å². The lowest BCUT2D eigenvalue weighted by atomic mass is 10.1. The molecule has 0 bridgehead atoms. The van der Waals surface area contributed by atoms with Gasteiger partial charge in [0.2, 0.25) is 10.0 Å². The summed E-state index contributed by atoms with van der Waals surface area (Å²) in [4.78, 5) is 11.5. The maximum absolute atomic E-state index is 11.8. The SMILES string of the molecule is Cc1cccc(S(=O)(=O)NCC(=O)C(C)C)c1. The van der Waals surface area contributed by atoms with E-state index in [0.717, 1.165) is 5.56 Å². The number of ketones is 1. The first-order valence-electron chi connectivity index (χ1n) is 5.42. The Morgan fingerprint density at radius 3 is 2.53 bits per heavy atom. The molecule has 0 saturated carbocycles. The topological polar surface area (TPSA) is 63.2 Å². The zero-order valence-corrected chi connectivity index (χ0v) is 11.0. The summed E-state index contributed by atoms with van der Waals surface area (Å²) in [5.74, 6) is -0.295. The number of benzene rings is 1. The van der Waals surface area contributed by atoms with Gasteiger partial charge in [0.05, 0.1) is 11.4 Å². The molecule has 1 N–H and O–H groups in total.